The van der Waals surface area contributed by atoms with Gasteiger partial charge in [-0.05, 0) is 23.3 Å². The van der Waals surface area contributed by atoms with Gasteiger partial charge >= 0.3 is 12.1 Å². The molecule has 2 aromatic carbocycles. The number of carboxylic acid groups (broad SMARTS) is 1. The quantitative estimate of drug-likeness (QED) is 0.907. The standard InChI is InChI=1S/C19H18F3NO2/c20-19(21,22)15-8-6-14(7-9-15)16-11-23(12-17(16)18(24)25)10-13-4-2-1-3-5-13/h1-9,16-17H,10-12H2,(H,24,25)/t16-,17+/m0/s1. The van der Waals surface area contributed by atoms with Crippen LogP contribution in [-0.4, -0.2) is 29.1 Å². The van der Waals surface area contributed by atoms with Crippen LogP contribution in [0.5, 0.6) is 0 Å². The van der Waals surface area contributed by atoms with Crippen LogP contribution in [0.25, 0.3) is 0 Å². The van der Waals surface area contributed by atoms with Gasteiger partial charge in [-0.25, -0.2) is 0 Å². The lowest BCUT2D eigenvalue weighted by atomic mass is 9.88. The Kier molecular flexibility index (Phi) is 4.81. The number of aliphatic carboxylic acids is 1. The average molecular weight is 349 g/mol. The summed E-state index contributed by atoms with van der Waals surface area (Å²) in [5.41, 5.74) is 0.998. The lowest BCUT2D eigenvalue weighted by molar-refractivity contribution is -0.142. The van der Waals surface area contributed by atoms with Gasteiger partial charge in [0.15, 0.2) is 0 Å². The van der Waals surface area contributed by atoms with Crippen molar-refractivity contribution in [2.75, 3.05) is 13.1 Å². The third-order valence-electron chi connectivity index (χ3n) is 4.63. The zero-order valence-electron chi connectivity index (χ0n) is 13.4. The van der Waals surface area contributed by atoms with Crippen LogP contribution in [0.15, 0.2) is 54.6 Å². The molecule has 0 spiro atoms. The first-order chi connectivity index (χ1) is 11.8. The van der Waals surface area contributed by atoms with E-state index in [9.17, 15) is 23.1 Å². The zero-order chi connectivity index (χ0) is 18.0. The van der Waals surface area contributed by atoms with Crippen molar-refractivity contribution in [1.82, 2.24) is 4.90 Å². The Labute approximate surface area is 143 Å². The van der Waals surface area contributed by atoms with E-state index in [0.29, 0.717) is 25.2 Å². The summed E-state index contributed by atoms with van der Waals surface area (Å²) in [6, 6.07) is 14.6. The molecular weight excluding hydrogens is 331 g/mol. The summed E-state index contributed by atoms with van der Waals surface area (Å²) in [5, 5.41) is 9.51. The Balaban J connectivity index is 1.78. The van der Waals surface area contributed by atoms with E-state index >= 15 is 0 Å². The number of carboxylic acids is 1. The number of carbonyl (C=O) groups is 1. The van der Waals surface area contributed by atoms with Gasteiger partial charge in [-0.15, -0.1) is 0 Å². The van der Waals surface area contributed by atoms with Gasteiger partial charge in [0.25, 0.3) is 0 Å². The van der Waals surface area contributed by atoms with E-state index in [-0.39, 0.29) is 5.92 Å². The molecule has 2 atom stereocenters. The summed E-state index contributed by atoms with van der Waals surface area (Å²) in [7, 11) is 0. The third kappa shape index (κ3) is 4.02. The Morgan fingerprint density at radius 1 is 1.04 bits per heavy atom. The van der Waals surface area contributed by atoms with E-state index in [0.717, 1.165) is 17.7 Å². The zero-order valence-corrected chi connectivity index (χ0v) is 13.4. The van der Waals surface area contributed by atoms with Crippen molar-refractivity contribution >= 4 is 5.97 Å². The summed E-state index contributed by atoms with van der Waals surface area (Å²) in [5.74, 6) is -1.86. The fourth-order valence-corrected chi connectivity index (χ4v) is 3.36. The van der Waals surface area contributed by atoms with Crippen LogP contribution in [0, 0.1) is 5.92 Å². The number of rotatable bonds is 4. The van der Waals surface area contributed by atoms with Gasteiger partial charge in [0, 0.05) is 25.6 Å². The fraction of sp³-hybridized carbons (Fsp3) is 0.316. The molecule has 1 aliphatic rings. The number of hydrogen-bond donors (Lipinski definition) is 1. The first-order valence-corrected chi connectivity index (χ1v) is 8.01. The molecule has 3 rings (SSSR count). The maximum atomic E-state index is 12.7. The third-order valence-corrected chi connectivity index (χ3v) is 4.63. The molecule has 132 valence electrons. The molecule has 0 aromatic heterocycles. The lowest BCUT2D eigenvalue weighted by Crippen LogP contribution is -2.23. The second kappa shape index (κ2) is 6.88. The summed E-state index contributed by atoms with van der Waals surface area (Å²) in [6.45, 7) is 1.52. The molecule has 0 amide bonds. The molecule has 0 bridgehead atoms. The first kappa shape index (κ1) is 17.5. The average Bonchev–Trinajstić information content (AvgIpc) is 2.99. The van der Waals surface area contributed by atoms with Gasteiger partial charge in [0.2, 0.25) is 0 Å². The van der Waals surface area contributed by atoms with Gasteiger partial charge in [-0.1, -0.05) is 42.5 Å². The summed E-state index contributed by atoms with van der Waals surface area (Å²) >= 11 is 0. The summed E-state index contributed by atoms with van der Waals surface area (Å²) in [4.78, 5) is 13.6. The molecular formula is C19H18F3NO2. The molecule has 0 unspecified atom stereocenters. The number of hydrogen-bond acceptors (Lipinski definition) is 2. The van der Waals surface area contributed by atoms with Gasteiger partial charge in [-0.2, -0.15) is 13.2 Å². The van der Waals surface area contributed by atoms with Crippen LogP contribution < -0.4 is 0 Å². The number of likely N-dealkylation sites (tertiary alicyclic amines) is 1. The van der Waals surface area contributed by atoms with E-state index in [2.05, 4.69) is 0 Å². The number of benzene rings is 2. The molecule has 25 heavy (non-hydrogen) atoms. The number of alkyl halides is 3. The molecule has 6 heteroatoms. The second-order valence-electron chi connectivity index (χ2n) is 6.35. The normalized spacial score (nSPS) is 21.4. The highest BCUT2D eigenvalue weighted by atomic mass is 19.4. The Morgan fingerprint density at radius 3 is 2.24 bits per heavy atom. The van der Waals surface area contributed by atoms with E-state index in [4.69, 9.17) is 0 Å². The topological polar surface area (TPSA) is 40.5 Å². The monoisotopic (exact) mass is 349 g/mol. The minimum Gasteiger partial charge on any atom is -0.481 e. The predicted molar refractivity (Wildman–Crippen MR) is 87.0 cm³/mol. The van der Waals surface area contributed by atoms with Crippen molar-refractivity contribution in [1.29, 1.82) is 0 Å². The highest BCUT2D eigenvalue weighted by Crippen LogP contribution is 2.36. The SMILES string of the molecule is O=C(O)[C@@H]1CN(Cc2ccccc2)C[C@H]1c1ccc(C(F)(F)F)cc1. The largest absolute Gasteiger partial charge is 0.481 e. The van der Waals surface area contributed by atoms with Crippen LogP contribution >= 0.6 is 0 Å². The van der Waals surface area contributed by atoms with Gasteiger partial charge in [0.1, 0.15) is 0 Å². The van der Waals surface area contributed by atoms with E-state index < -0.39 is 23.6 Å². The van der Waals surface area contributed by atoms with E-state index in [1.165, 1.54) is 12.1 Å². The molecule has 1 saturated heterocycles. The van der Waals surface area contributed by atoms with Crippen LogP contribution in [0.2, 0.25) is 0 Å². The van der Waals surface area contributed by atoms with E-state index in [1.807, 2.05) is 35.2 Å². The molecule has 1 fully saturated rings. The van der Waals surface area contributed by atoms with Crippen molar-refractivity contribution in [2.45, 2.75) is 18.6 Å². The fourth-order valence-electron chi connectivity index (χ4n) is 3.36. The molecule has 0 aliphatic carbocycles. The molecule has 1 N–H and O–H groups in total. The van der Waals surface area contributed by atoms with Crippen molar-refractivity contribution < 1.29 is 23.1 Å². The van der Waals surface area contributed by atoms with Crippen molar-refractivity contribution in [3.05, 3.63) is 71.3 Å². The summed E-state index contributed by atoms with van der Waals surface area (Å²) < 4.78 is 38.1. The Morgan fingerprint density at radius 2 is 1.68 bits per heavy atom. The number of nitrogens with zero attached hydrogens (tertiary/aromatic N) is 1. The Hall–Kier alpha value is -2.34. The van der Waals surface area contributed by atoms with Crippen LogP contribution in [0.3, 0.4) is 0 Å². The highest BCUT2D eigenvalue weighted by Gasteiger charge is 2.39. The maximum Gasteiger partial charge on any atom is 0.416 e. The smallest absolute Gasteiger partial charge is 0.416 e. The minimum atomic E-state index is -4.39. The lowest BCUT2D eigenvalue weighted by Gasteiger charge is -2.17. The highest BCUT2D eigenvalue weighted by molar-refractivity contribution is 5.72. The molecule has 1 aliphatic heterocycles. The van der Waals surface area contributed by atoms with Crippen LogP contribution in [0.1, 0.15) is 22.6 Å². The number of halogens is 3. The molecule has 2 aromatic rings. The summed E-state index contributed by atoms with van der Waals surface area (Å²) in [6.07, 6.45) is -4.39. The van der Waals surface area contributed by atoms with Gasteiger partial charge < -0.3 is 5.11 Å². The second-order valence-corrected chi connectivity index (χ2v) is 6.35. The van der Waals surface area contributed by atoms with Crippen molar-refractivity contribution in [2.24, 2.45) is 5.92 Å². The van der Waals surface area contributed by atoms with Gasteiger partial charge in [-0.3, -0.25) is 9.69 Å². The van der Waals surface area contributed by atoms with Crippen LogP contribution in [-0.2, 0) is 17.5 Å². The predicted octanol–water partition coefficient (Wildman–Crippen LogP) is 4.01. The van der Waals surface area contributed by atoms with Crippen molar-refractivity contribution in [3.8, 4) is 0 Å². The van der Waals surface area contributed by atoms with E-state index in [1.54, 1.807) is 0 Å². The molecule has 3 nitrogen and oxygen atoms in total. The van der Waals surface area contributed by atoms with Crippen molar-refractivity contribution in [3.63, 3.8) is 0 Å². The first-order valence-electron chi connectivity index (χ1n) is 8.01. The maximum absolute atomic E-state index is 12.7. The van der Waals surface area contributed by atoms with Gasteiger partial charge in [0.05, 0.1) is 11.5 Å². The van der Waals surface area contributed by atoms with Crippen LogP contribution in [0.4, 0.5) is 13.2 Å². The Bertz CT molecular complexity index is 729. The molecule has 0 saturated carbocycles. The minimum absolute atomic E-state index is 0.316. The molecule has 1 heterocycles. The molecule has 0 radical (unpaired) electrons.